The Bertz CT molecular complexity index is 496. The van der Waals surface area contributed by atoms with Gasteiger partial charge in [-0.05, 0) is 24.1 Å². The van der Waals surface area contributed by atoms with Crippen LogP contribution in [0.25, 0.3) is 5.57 Å². The number of nitro benzene ring substituents is 1. The van der Waals surface area contributed by atoms with E-state index in [1.807, 2.05) is 0 Å². The fourth-order valence-corrected chi connectivity index (χ4v) is 1.40. The van der Waals surface area contributed by atoms with Crippen molar-refractivity contribution in [2.75, 3.05) is 7.11 Å². The number of methoxy groups -OCH3 is 1. The molecule has 5 nitrogen and oxygen atoms in total. The van der Waals surface area contributed by atoms with Gasteiger partial charge in [-0.15, -0.1) is 0 Å². The number of hydrogen-bond acceptors (Lipinski definition) is 4. The molecule has 1 aromatic carbocycles. The zero-order valence-electron chi connectivity index (χ0n) is 9.27. The predicted octanol–water partition coefficient (Wildman–Crippen LogP) is 2.82. The van der Waals surface area contributed by atoms with Crippen LogP contribution in [0.1, 0.15) is 12.5 Å². The quantitative estimate of drug-likeness (QED) is 0.360. The van der Waals surface area contributed by atoms with Crippen molar-refractivity contribution < 1.29 is 14.5 Å². The summed E-state index contributed by atoms with van der Waals surface area (Å²) in [6, 6.07) is 4.34. The molecule has 0 spiro atoms. The number of esters is 1. The molecule has 90 valence electrons. The standard InChI is InChI=1S/C11H10ClNO4/c1-7(5-11(14)17-2)8-3-4-9(12)10(6-8)13(15)16/h3-6H,1-2H3/b7-5-. The highest BCUT2D eigenvalue weighted by Gasteiger charge is 2.13. The van der Waals surface area contributed by atoms with E-state index in [0.29, 0.717) is 11.1 Å². The average Bonchev–Trinajstić information content (AvgIpc) is 2.28. The van der Waals surface area contributed by atoms with Gasteiger partial charge in [0.05, 0.1) is 12.0 Å². The van der Waals surface area contributed by atoms with Crippen molar-refractivity contribution >= 4 is 28.8 Å². The molecule has 0 aromatic heterocycles. The number of hydrogen-bond donors (Lipinski definition) is 0. The molecule has 17 heavy (non-hydrogen) atoms. The number of halogens is 1. The van der Waals surface area contributed by atoms with E-state index in [9.17, 15) is 14.9 Å². The van der Waals surface area contributed by atoms with Crippen molar-refractivity contribution in [2.24, 2.45) is 0 Å². The highest BCUT2D eigenvalue weighted by molar-refractivity contribution is 6.32. The fraction of sp³-hybridized carbons (Fsp3) is 0.182. The second-order valence-electron chi connectivity index (χ2n) is 3.27. The largest absolute Gasteiger partial charge is 0.466 e. The highest BCUT2D eigenvalue weighted by atomic mass is 35.5. The smallest absolute Gasteiger partial charge is 0.330 e. The number of ether oxygens (including phenoxy) is 1. The lowest BCUT2D eigenvalue weighted by Crippen LogP contribution is -1.96. The summed E-state index contributed by atoms with van der Waals surface area (Å²) in [5.41, 5.74) is 0.921. The van der Waals surface area contributed by atoms with E-state index in [1.165, 1.54) is 25.3 Å². The summed E-state index contributed by atoms with van der Waals surface area (Å²) in [6.07, 6.45) is 1.26. The van der Waals surface area contributed by atoms with E-state index in [4.69, 9.17) is 11.6 Å². The van der Waals surface area contributed by atoms with Crippen LogP contribution in [0.3, 0.4) is 0 Å². The summed E-state index contributed by atoms with van der Waals surface area (Å²) in [7, 11) is 1.26. The van der Waals surface area contributed by atoms with Crippen LogP contribution < -0.4 is 0 Å². The van der Waals surface area contributed by atoms with Gasteiger partial charge < -0.3 is 4.74 Å². The van der Waals surface area contributed by atoms with E-state index in [-0.39, 0.29) is 10.7 Å². The molecule has 0 N–H and O–H groups in total. The molecule has 6 heteroatoms. The monoisotopic (exact) mass is 255 g/mol. The van der Waals surface area contributed by atoms with Gasteiger partial charge in [-0.1, -0.05) is 17.7 Å². The lowest BCUT2D eigenvalue weighted by atomic mass is 10.1. The van der Waals surface area contributed by atoms with Crippen molar-refractivity contribution in [3.05, 3.63) is 45.0 Å². The molecule has 0 fully saturated rings. The summed E-state index contributed by atoms with van der Waals surface area (Å²) in [5.74, 6) is -0.514. The van der Waals surface area contributed by atoms with Gasteiger partial charge in [0.2, 0.25) is 0 Å². The Kier molecular flexibility index (Phi) is 4.23. The Labute approximate surface area is 103 Å². The first kappa shape index (κ1) is 13.2. The Morgan fingerprint density at radius 3 is 2.71 bits per heavy atom. The van der Waals surface area contributed by atoms with Crippen LogP contribution in [-0.4, -0.2) is 18.0 Å². The minimum absolute atomic E-state index is 0.0598. The highest BCUT2D eigenvalue weighted by Crippen LogP contribution is 2.27. The van der Waals surface area contributed by atoms with Crippen molar-refractivity contribution in [2.45, 2.75) is 6.92 Å². The second-order valence-corrected chi connectivity index (χ2v) is 3.68. The molecule has 1 rings (SSSR count). The minimum atomic E-state index is -0.572. The lowest BCUT2D eigenvalue weighted by molar-refractivity contribution is -0.384. The molecule has 0 aliphatic carbocycles. The molecule has 0 amide bonds. The van der Waals surface area contributed by atoms with Gasteiger partial charge >= 0.3 is 5.97 Å². The van der Waals surface area contributed by atoms with Gasteiger partial charge in [-0.3, -0.25) is 10.1 Å². The number of carbonyl (C=O) groups excluding carboxylic acids is 1. The van der Waals surface area contributed by atoms with Crippen LogP contribution >= 0.6 is 11.6 Å². The minimum Gasteiger partial charge on any atom is -0.466 e. The Hall–Kier alpha value is -1.88. The number of rotatable bonds is 3. The molecule has 0 aliphatic rings. The Morgan fingerprint density at radius 1 is 1.53 bits per heavy atom. The summed E-state index contributed by atoms with van der Waals surface area (Å²) < 4.78 is 4.47. The molecule has 0 atom stereocenters. The number of benzene rings is 1. The SMILES string of the molecule is COC(=O)/C=C(/C)c1ccc(Cl)c([N+](=O)[O-])c1. The molecule has 0 aliphatic heterocycles. The predicted molar refractivity (Wildman–Crippen MR) is 63.8 cm³/mol. The summed E-state index contributed by atoms with van der Waals surface area (Å²) in [4.78, 5) is 21.1. The number of nitrogens with zero attached hydrogens (tertiary/aromatic N) is 1. The van der Waals surface area contributed by atoms with E-state index in [0.717, 1.165) is 0 Å². The van der Waals surface area contributed by atoms with E-state index in [1.54, 1.807) is 13.0 Å². The molecular weight excluding hydrogens is 246 g/mol. The molecule has 0 saturated heterocycles. The van der Waals surface area contributed by atoms with Gasteiger partial charge in [0.25, 0.3) is 5.69 Å². The molecule has 0 bridgehead atoms. The zero-order chi connectivity index (χ0) is 13.0. The fourth-order valence-electron chi connectivity index (χ4n) is 1.22. The summed E-state index contributed by atoms with van der Waals surface area (Å²) >= 11 is 5.68. The van der Waals surface area contributed by atoms with Gasteiger partial charge in [0, 0.05) is 12.1 Å². The van der Waals surface area contributed by atoms with E-state index < -0.39 is 10.9 Å². The zero-order valence-corrected chi connectivity index (χ0v) is 10.0. The first-order valence-corrected chi connectivity index (χ1v) is 5.04. The van der Waals surface area contributed by atoms with E-state index in [2.05, 4.69) is 4.74 Å². The summed E-state index contributed by atoms with van der Waals surface area (Å²) in [6.45, 7) is 1.66. The maximum absolute atomic E-state index is 11.0. The van der Waals surface area contributed by atoms with E-state index >= 15 is 0 Å². The first-order valence-electron chi connectivity index (χ1n) is 4.66. The summed E-state index contributed by atoms with van der Waals surface area (Å²) in [5, 5.41) is 10.7. The van der Waals surface area contributed by atoms with Crippen molar-refractivity contribution in [3.63, 3.8) is 0 Å². The molecule has 0 heterocycles. The van der Waals surface area contributed by atoms with Gasteiger partial charge in [0.15, 0.2) is 0 Å². The number of carbonyl (C=O) groups is 1. The molecule has 0 radical (unpaired) electrons. The van der Waals surface area contributed by atoms with Crippen LogP contribution in [0.15, 0.2) is 24.3 Å². The van der Waals surface area contributed by atoms with Gasteiger partial charge in [-0.25, -0.2) is 4.79 Å². The van der Waals surface area contributed by atoms with Gasteiger partial charge in [0.1, 0.15) is 5.02 Å². The third-order valence-corrected chi connectivity index (χ3v) is 2.45. The number of allylic oxidation sites excluding steroid dienone is 1. The topological polar surface area (TPSA) is 69.4 Å². The van der Waals surface area contributed by atoms with Crippen molar-refractivity contribution in [1.29, 1.82) is 0 Å². The Balaban J connectivity index is 3.16. The van der Waals surface area contributed by atoms with Crippen LogP contribution in [0, 0.1) is 10.1 Å². The normalized spacial score (nSPS) is 11.1. The van der Waals surface area contributed by atoms with Crippen LogP contribution in [0.2, 0.25) is 5.02 Å². The van der Waals surface area contributed by atoms with Crippen LogP contribution in [-0.2, 0) is 9.53 Å². The van der Waals surface area contributed by atoms with Crippen LogP contribution in [0.5, 0.6) is 0 Å². The maximum Gasteiger partial charge on any atom is 0.330 e. The third-order valence-electron chi connectivity index (χ3n) is 2.13. The lowest BCUT2D eigenvalue weighted by Gasteiger charge is -2.02. The average molecular weight is 256 g/mol. The first-order chi connectivity index (χ1) is 7.95. The second kappa shape index (κ2) is 5.45. The van der Waals surface area contributed by atoms with Crippen molar-refractivity contribution in [1.82, 2.24) is 0 Å². The van der Waals surface area contributed by atoms with Crippen molar-refractivity contribution in [3.8, 4) is 0 Å². The molecule has 1 aromatic rings. The molecular formula is C11H10ClNO4. The van der Waals surface area contributed by atoms with Gasteiger partial charge in [-0.2, -0.15) is 0 Å². The Morgan fingerprint density at radius 2 is 2.18 bits per heavy atom. The molecule has 0 saturated carbocycles. The number of nitro groups is 1. The molecule has 0 unspecified atom stereocenters. The third kappa shape index (κ3) is 3.29. The van der Waals surface area contributed by atoms with Crippen LogP contribution in [0.4, 0.5) is 5.69 Å². The maximum atomic E-state index is 11.0.